The minimum absolute atomic E-state index is 0.0925. The lowest BCUT2D eigenvalue weighted by molar-refractivity contribution is -0.138. The van der Waals surface area contributed by atoms with Gasteiger partial charge in [-0.25, -0.2) is 4.39 Å². The Balaban J connectivity index is 1.53. The van der Waals surface area contributed by atoms with E-state index >= 15 is 0 Å². The van der Waals surface area contributed by atoms with E-state index in [1.54, 1.807) is 0 Å². The van der Waals surface area contributed by atoms with Crippen molar-refractivity contribution < 1.29 is 27.2 Å². The van der Waals surface area contributed by atoms with Crippen LogP contribution >= 0.6 is 0 Å². The van der Waals surface area contributed by atoms with Gasteiger partial charge in [-0.1, -0.05) is 0 Å². The summed E-state index contributed by atoms with van der Waals surface area (Å²) in [6.45, 7) is 0.240. The van der Waals surface area contributed by atoms with Gasteiger partial charge in [-0.05, 0) is 49.1 Å². The number of rotatable bonds is 1. The van der Waals surface area contributed by atoms with Gasteiger partial charge in [0.25, 0.3) is 5.91 Å². The molecule has 1 aromatic heterocycles. The van der Waals surface area contributed by atoms with Gasteiger partial charge in [-0.15, -0.1) is 5.10 Å². The second kappa shape index (κ2) is 6.35. The average Bonchev–Trinajstić information content (AvgIpc) is 2.92. The molecule has 28 heavy (non-hydrogen) atoms. The monoisotopic (exact) mass is 393 g/mol. The molecule has 1 amide bonds. The highest BCUT2D eigenvalue weighted by atomic mass is 19.4. The van der Waals surface area contributed by atoms with Crippen molar-refractivity contribution >= 4 is 11.7 Å². The van der Waals surface area contributed by atoms with E-state index in [0.29, 0.717) is 30.4 Å². The number of halogens is 4. The Hall–Kier alpha value is -2.84. The maximum Gasteiger partial charge on any atom is 0.418 e. The van der Waals surface area contributed by atoms with Crippen LogP contribution in [0.25, 0.3) is 0 Å². The first-order valence-electron chi connectivity index (χ1n) is 8.73. The van der Waals surface area contributed by atoms with Crippen LogP contribution < -0.4 is 0 Å². The van der Waals surface area contributed by atoms with Gasteiger partial charge in [0.15, 0.2) is 11.5 Å². The van der Waals surface area contributed by atoms with Crippen LogP contribution in [0.1, 0.15) is 44.8 Å². The summed E-state index contributed by atoms with van der Waals surface area (Å²) in [6, 6.07) is 4.77. The first kappa shape index (κ1) is 18.5. The fraction of sp³-hybridized carbons (Fsp3) is 0.368. The van der Waals surface area contributed by atoms with Crippen LogP contribution in [-0.2, 0) is 12.6 Å². The molecule has 2 heterocycles. The second-order valence-electron chi connectivity index (χ2n) is 7.17. The third-order valence-corrected chi connectivity index (χ3v) is 5.56. The number of alkyl halides is 3. The number of fused-ring (bicyclic) bond motifs is 1. The number of nitrogens with zero attached hydrogens (tertiary/aromatic N) is 3. The SMILES string of the molecule is O=C(c1nnccc1C(F)(F)F)N1CCC2(CC1)Cc1cc(F)ccc1C2=O. The number of carbonyl (C=O) groups is 2. The molecule has 0 radical (unpaired) electrons. The lowest BCUT2D eigenvalue weighted by atomic mass is 9.75. The highest BCUT2D eigenvalue weighted by Crippen LogP contribution is 2.45. The molecule has 0 N–H and O–H groups in total. The van der Waals surface area contributed by atoms with E-state index in [1.807, 2.05) is 0 Å². The molecule has 0 unspecified atom stereocenters. The summed E-state index contributed by atoms with van der Waals surface area (Å²) in [5.74, 6) is -1.37. The van der Waals surface area contributed by atoms with Gasteiger partial charge in [0.1, 0.15) is 5.82 Å². The number of amides is 1. The van der Waals surface area contributed by atoms with Gasteiger partial charge in [-0.3, -0.25) is 9.59 Å². The molecule has 0 saturated carbocycles. The molecule has 1 fully saturated rings. The molecule has 2 aliphatic rings. The van der Waals surface area contributed by atoms with Crippen molar-refractivity contribution in [2.24, 2.45) is 5.41 Å². The van der Waals surface area contributed by atoms with Crippen LogP contribution in [0.5, 0.6) is 0 Å². The highest BCUT2D eigenvalue weighted by Gasteiger charge is 2.48. The summed E-state index contributed by atoms with van der Waals surface area (Å²) in [4.78, 5) is 26.7. The Morgan fingerprint density at radius 3 is 2.54 bits per heavy atom. The van der Waals surface area contributed by atoms with Crippen molar-refractivity contribution in [1.29, 1.82) is 0 Å². The van der Waals surface area contributed by atoms with Crippen LogP contribution in [0, 0.1) is 11.2 Å². The first-order chi connectivity index (χ1) is 13.2. The Morgan fingerprint density at radius 2 is 1.86 bits per heavy atom. The molecule has 0 atom stereocenters. The predicted octanol–water partition coefficient (Wildman–Crippen LogP) is 3.30. The Bertz CT molecular complexity index is 966. The summed E-state index contributed by atoms with van der Waals surface area (Å²) < 4.78 is 52.9. The molecule has 1 saturated heterocycles. The molecular formula is C19H15F4N3O2. The number of hydrogen-bond acceptors (Lipinski definition) is 4. The van der Waals surface area contributed by atoms with Crippen molar-refractivity contribution in [2.75, 3.05) is 13.1 Å². The minimum Gasteiger partial charge on any atom is -0.337 e. The Labute approximate surface area is 157 Å². The van der Waals surface area contributed by atoms with E-state index in [2.05, 4.69) is 10.2 Å². The average molecular weight is 393 g/mol. The van der Waals surface area contributed by atoms with Crippen LogP contribution in [0.4, 0.5) is 17.6 Å². The van der Waals surface area contributed by atoms with Crippen LogP contribution in [-0.4, -0.2) is 39.9 Å². The zero-order chi connectivity index (χ0) is 20.1. The molecular weight excluding hydrogens is 378 g/mol. The highest BCUT2D eigenvalue weighted by molar-refractivity contribution is 6.05. The van der Waals surface area contributed by atoms with E-state index in [-0.39, 0.29) is 18.9 Å². The Kier molecular flexibility index (Phi) is 4.20. The first-order valence-corrected chi connectivity index (χ1v) is 8.73. The number of benzene rings is 1. The van der Waals surface area contributed by atoms with Crippen molar-refractivity contribution in [1.82, 2.24) is 15.1 Å². The standard InChI is InChI=1S/C19H15F4N3O2/c20-12-1-2-13-11(9-12)10-18(16(13)27)4-7-26(8-5-18)17(28)15-14(19(21,22)23)3-6-24-25-15/h1-3,6,9H,4-5,7-8,10H2. The quantitative estimate of drug-likeness (QED) is 0.698. The van der Waals surface area contributed by atoms with Gasteiger partial charge >= 0.3 is 6.18 Å². The number of Topliss-reactive ketones (excluding diaryl/α,β-unsaturated/α-hetero) is 1. The molecule has 0 bridgehead atoms. The largest absolute Gasteiger partial charge is 0.418 e. The maximum absolute atomic E-state index is 13.5. The van der Waals surface area contributed by atoms with Crippen molar-refractivity contribution in [2.45, 2.75) is 25.4 Å². The summed E-state index contributed by atoms with van der Waals surface area (Å²) >= 11 is 0. The summed E-state index contributed by atoms with van der Waals surface area (Å²) in [5.41, 5.74) is -1.49. The van der Waals surface area contributed by atoms with E-state index < -0.39 is 34.6 Å². The number of ketones is 1. The minimum atomic E-state index is -4.72. The van der Waals surface area contributed by atoms with E-state index in [0.717, 1.165) is 12.3 Å². The predicted molar refractivity (Wildman–Crippen MR) is 89.0 cm³/mol. The second-order valence-corrected chi connectivity index (χ2v) is 7.17. The summed E-state index contributed by atoms with van der Waals surface area (Å²) in [5, 5.41) is 6.80. The van der Waals surface area contributed by atoms with Crippen molar-refractivity contribution in [3.63, 3.8) is 0 Å². The number of likely N-dealkylation sites (tertiary alicyclic amines) is 1. The molecule has 2 aromatic rings. The Morgan fingerprint density at radius 1 is 1.14 bits per heavy atom. The van der Waals surface area contributed by atoms with Crippen LogP contribution in [0.2, 0.25) is 0 Å². The fourth-order valence-corrected chi connectivity index (χ4v) is 4.07. The van der Waals surface area contributed by atoms with Crippen LogP contribution in [0.15, 0.2) is 30.5 Å². The van der Waals surface area contributed by atoms with E-state index in [9.17, 15) is 27.2 Å². The molecule has 146 valence electrons. The molecule has 9 heteroatoms. The third-order valence-electron chi connectivity index (χ3n) is 5.56. The number of piperidine rings is 1. The number of carbonyl (C=O) groups excluding carboxylic acids is 2. The van der Waals surface area contributed by atoms with E-state index in [1.165, 1.54) is 23.1 Å². The lowest BCUT2D eigenvalue weighted by Gasteiger charge is -2.38. The van der Waals surface area contributed by atoms with Crippen LogP contribution in [0.3, 0.4) is 0 Å². The van der Waals surface area contributed by atoms with Gasteiger partial charge < -0.3 is 4.90 Å². The molecule has 4 rings (SSSR count). The number of aromatic nitrogens is 2. The maximum atomic E-state index is 13.5. The fourth-order valence-electron chi connectivity index (χ4n) is 4.07. The third kappa shape index (κ3) is 2.94. The van der Waals surface area contributed by atoms with Gasteiger partial charge in [0, 0.05) is 24.1 Å². The summed E-state index contributed by atoms with van der Waals surface area (Å²) in [7, 11) is 0. The lowest BCUT2D eigenvalue weighted by Crippen LogP contribution is -2.46. The molecule has 5 nitrogen and oxygen atoms in total. The smallest absolute Gasteiger partial charge is 0.337 e. The van der Waals surface area contributed by atoms with Gasteiger partial charge in [0.2, 0.25) is 0 Å². The van der Waals surface area contributed by atoms with Gasteiger partial charge in [-0.2, -0.15) is 18.3 Å². The summed E-state index contributed by atoms with van der Waals surface area (Å²) in [6.07, 6.45) is -2.85. The van der Waals surface area contributed by atoms with Crippen molar-refractivity contribution in [3.8, 4) is 0 Å². The molecule has 1 aliphatic heterocycles. The normalized spacial score (nSPS) is 18.4. The zero-order valence-electron chi connectivity index (χ0n) is 14.6. The van der Waals surface area contributed by atoms with Gasteiger partial charge in [0.05, 0.1) is 11.8 Å². The molecule has 1 aromatic carbocycles. The van der Waals surface area contributed by atoms with Crippen molar-refractivity contribution in [3.05, 3.63) is 58.7 Å². The molecule has 1 aliphatic carbocycles. The topological polar surface area (TPSA) is 63.2 Å². The number of hydrogen-bond donors (Lipinski definition) is 0. The zero-order valence-corrected chi connectivity index (χ0v) is 14.6. The molecule has 1 spiro atoms. The van der Waals surface area contributed by atoms with E-state index in [4.69, 9.17) is 0 Å².